The maximum atomic E-state index is 13.1. The number of hydrogen-bond donors (Lipinski definition) is 2. The molecule has 3 rings (SSSR count). The fourth-order valence-corrected chi connectivity index (χ4v) is 4.65. The molecule has 1 heterocycles. The van der Waals surface area contributed by atoms with Crippen molar-refractivity contribution in [3.8, 4) is 0 Å². The van der Waals surface area contributed by atoms with Crippen molar-refractivity contribution in [2.45, 2.75) is 20.0 Å². The summed E-state index contributed by atoms with van der Waals surface area (Å²) in [6.07, 6.45) is -4.69. The first-order valence-electron chi connectivity index (χ1n) is 10.5. The Hall–Kier alpha value is -3.68. The van der Waals surface area contributed by atoms with Gasteiger partial charge in [0.2, 0.25) is 0 Å². The molecule has 1 aromatic heterocycles. The highest BCUT2D eigenvalue weighted by Crippen LogP contribution is 2.37. The summed E-state index contributed by atoms with van der Waals surface area (Å²) in [5.41, 5.74) is -2.15. The van der Waals surface area contributed by atoms with Gasteiger partial charge in [-0.25, -0.2) is 4.79 Å². The first-order valence-corrected chi connectivity index (χ1v) is 12.1. The van der Waals surface area contributed by atoms with Gasteiger partial charge in [0.25, 0.3) is 17.5 Å². The van der Waals surface area contributed by atoms with E-state index in [9.17, 15) is 37.7 Å². The maximum absolute atomic E-state index is 13.1. The number of amides is 2. The van der Waals surface area contributed by atoms with Crippen molar-refractivity contribution in [1.29, 1.82) is 0 Å². The van der Waals surface area contributed by atoms with Crippen LogP contribution >= 0.6 is 34.5 Å². The summed E-state index contributed by atoms with van der Waals surface area (Å²) in [5.74, 6) is -2.64. The van der Waals surface area contributed by atoms with Crippen LogP contribution in [-0.2, 0) is 10.9 Å². The number of nitro benzene ring substituents is 1. The normalized spacial score (nSPS) is 11.1. The first-order chi connectivity index (χ1) is 17.7. The summed E-state index contributed by atoms with van der Waals surface area (Å²) in [5, 5.41) is 15.4. The van der Waals surface area contributed by atoms with E-state index in [1.54, 1.807) is 0 Å². The van der Waals surface area contributed by atoms with Crippen molar-refractivity contribution < 1.29 is 37.2 Å². The second kappa shape index (κ2) is 11.4. The zero-order valence-electron chi connectivity index (χ0n) is 19.4. The Morgan fingerprint density at radius 2 is 1.71 bits per heavy atom. The summed E-state index contributed by atoms with van der Waals surface area (Å²) in [6.45, 7) is 2.88. The lowest BCUT2D eigenvalue weighted by Crippen LogP contribution is -2.15. The lowest BCUT2D eigenvalue weighted by Gasteiger charge is -2.11. The molecule has 0 aliphatic heterocycles. The predicted octanol–water partition coefficient (Wildman–Crippen LogP) is 6.97. The number of esters is 1. The van der Waals surface area contributed by atoms with Gasteiger partial charge in [-0.05, 0) is 49.7 Å². The molecule has 0 atom stereocenters. The van der Waals surface area contributed by atoms with Gasteiger partial charge in [-0.1, -0.05) is 23.2 Å². The largest absolute Gasteiger partial charge is 0.462 e. The van der Waals surface area contributed by atoms with Gasteiger partial charge < -0.3 is 15.4 Å². The molecule has 0 saturated heterocycles. The molecule has 0 aliphatic rings. The second-order valence-electron chi connectivity index (χ2n) is 7.50. The van der Waals surface area contributed by atoms with Crippen LogP contribution in [0.5, 0.6) is 0 Å². The van der Waals surface area contributed by atoms with Gasteiger partial charge in [-0.2, -0.15) is 13.2 Å². The number of hydrogen-bond acceptors (Lipinski definition) is 7. The van der Waals surface area contributed by atoms with Crippen LogP contribution in [0.1, 0.15) is 48.4 Å². The van der Waals surface area contributed by atoms with E-state index in [1.807, 2.05) is 0 Å². The fourth-order valence-electron chi connectivity index (χ4n) is 3.21. The highest BCUT2D eigenvalue weighted by atomic mass is 35.5. The van der Waals surface area contributed by atoms with Crippen LogP contribution in [0.2, 0.25) is 10.0 Å². The van der Waals surface area contributed by atoms with E-state index in [0.717, 1.165) is 24.3 Å². The molecule has 0 spiro atoms. The van der Waals surface area contributed by atoms with Gasteiger partial charge in [0.15, 0.2) is 0 Å². The molecule has 0 bridgehead atoms. The number of anilines is 2. The van der Waals surface area contributed by atoms with E-state index in [2.05, 4.69) is 10.6 Å². The molecule has 0 aliphatic carbocycles. The maximum Gasteiger partial charge on any atom is 0.416 e. The van der Waals surface area contributed by atoms with Gasteiger partial charge in [0.05, 0.1) is 38.2 Å². The molecule has 200 valence electrons. The van der Waals surface area contributed by atoms with Gasteiger partial charge in [-0.3, -0.25) is 19.7 Å². The van der Waals surface area contributed by atoms with Crippen molar-refractivity contribution in [2.75, 3.05) is 17.2 Å². The highest BCUT2D eigenvalue weighted by molar-refractivity contribution is 7.19. The third-order valence-electron chi connectivity index (χ3n) is 5.01. The molecule has 0 radical (unpaired) electrons. The van der Waals surface area contributed by atoms with Gasteiger partial charge >= 0.3 is 12.1 Å². The number of nitrogens with zero attached hydrogens (tertiary/aromatic N) is 1. The summed E-state index contributed by atoms with van der Waals surface area (Å²) in [4.78, 5) is 48.8. The van der Waals surface area contributed by atoms with E-state index in [1.165, 1.54) is 19.9 Å². The molecule has 2 N–H and O–H groups in total. The van der Waals surface area contributed by atoms with E-state index in [4.69, 9.17) is 27.9 Å². The molecule has 9 nitrogen and oxygen atoms in total. The smallest absolute Gasteiger partial charge is 0.416 e. The molecule has 15 heteroatoms. The van der Waals surface area contributed by atoms with Crippen LogP contribution < -0.4 is 10.6 Å². The Labute approximate surface area is 226 Å². The van der Waals surface area contributed by atoms with Gasteiger partial charge in [0.1, 0.15) is 10.0 Å². The third-order valence-corrected chi connectivity index (χ3v) is 6.86. The number of alkyl halides is 3. The lowest BCUT2D eigenvalue weighted by atomic mass is 10.1. The van der Waals surface area contributed by atoms with E-state index >= 15 is 0 Å². The Balaban J connectivity index is 1.99. The zero-order chi connectivity index (χ0) is 28.4. The van der Waals surface area contributed by atoms with Crippen LogP contribution in [0, 0.1) is 17.0 Å². The van der Waals surface area contributed by atoms with Crippen molar-refractivity contribution >= 4 is 68.7 Å². The number of carbonyl (C=O) groups is 3. The van der Waals surface area contributed by atoms with E-state index < -0.39 is 40.1 Å². The molecule has 2 amide bonds. The number of nitrogens with one attached hydrogen (secondary N) is 2. The first kappa shape index (κ1) is 28.9. The summed E-state index contributed by atoms with van der Waals surface area (Å²) >= 11 is 12.4. The quantitative estimate of drug-likeness (QED) is 0.174. The van der Waals surface area contributed by atoms with E-state index in [0.29, 0.717) is 17.4 Å². The average Bonchev–Trinajstić information content (AvgIpc) is 3.15. The third kappa shape index (κ3) is 6.23. The molecular weight excluding hydrogens is 574 g/mol. The van der Waals surface area contributed by atoms with E-state index in [-0.39, 0.29) is 48.9 Å². The van der Waals surface area contributed by atoms with Crippen LogP contribution in [0.3, 0.4) is 0 Å². The number of thiophene rings is 1. The zero-order valence-corrected chi connectivity index (χ0v) is 21.7. The Bertz CT molecular complexity index is 1460. The fraction of sp³-hybridized carbons (Fsp3) is 0.174. The van der Waals surface area contributed by atoms with Crippen molar-refractivity contribution in [2.24, 2.45) is 0 Å². The number of carbonyl (C=O) groups excluding carboxylic acids is 3. The number of rotatable bonds is 7. The number of benzene rings is 2. The SMILES string of the molecule is CCOC(=O)c1c(NC(=O)c2ccc(Cl)c([N+](=O)[O-])c2)sc(C(=O)Nc2cc(C(F)(F)F)ccc2Cl)c1C. The Morgan fingerprint density at radius 3 is 2.32 bits per heavy atom. The van der Waals surface area contributed by atoms with Crippen LogP contribution in [0.25, 0.3) is 0 Å². The minimum absolute atomic E-state index is 0.0355. The lowest BCUT2D eigenvalue weighted by molar-refractivity contribution is -0.384. The molecule has 0 unspecified atom stereocenters. The molecular formula is C23H16Cl2F3N3O6S. The number of halogens is 5. The number of nitro groups is 1. The number of ether oxygens (including phenoxy) is 1. The van der Waals surface area contributed by atoms with Crippen LogP contribution in [-0.4, -0.2) is 29.3 Å². The Kier molecular flexibility index (Phi) is 8.65. The van der Waals surface area contributed by atoms with Crippen LogP contribution in [0.15, 0.2) is 36.4 Å². The van der Waals surface area contributed by atoms with Crippen LogP contribution in [0.4, 0.5) is 29.5 Å². The van der Waals surface area contributed by atoms with Crippen molar-refractivity contribution in [1.82, 2.24) is 0 Å². The van der Waals surface area contributed by atoms with Gasteiger partial charge in [-0.15, -0.1) is 11.3 Å². The topological polar surface area (TPSA) is 128 Å². The molecule has 3 aromatic rings. The molecule has 38 heavy (non-hydrogen) atoms. The molecule has 2 aromatic carbocycles. The second-order valence-corrected chi connectivity index (χ2v) is 9.34. The Morgan fingerprint density at radius 1 is 1.05 bits per heavy atom. The summed E-state index contributed by atoms with van der Waals surface area (Å²) in [6, 6.07) is 5.69. The minimum atomic E-state index is -4.69. The predicted molar refractivity (Wildman–Crippen MR) is 135 cm³/mol. The monoisotopic (exact) mass is 589 g/mol. The molecule has 0 saturated carbocycles. The summed E-state index contributed by atoms with van der Waals surface area (Å²) in [7, 11) is 0. The summed E-state index contributed by atoms with van der Waals surface area (Å²) < 4.78 is 44.3. The van der Waals surface area contributed by atoms with Crippen molar-refractivity contribution in [3.05, 3.63) is 83.7 Å². The van der Waals surface area contributed by atoms with Crippen molar-refractivity contribution in [3.63, 3.8) is 0 Å². The van der Waals surface area contributed by atoms with Gasteiger partial charge in [0, 0.05) is 11.6 Å². The molecule has 0 fully saturated rings. The standard InChI is InChI=1S/C23H16Cl2F3N3O6S/c1-3-37-22(34)17-10(2)18(20(33)29-15-9-12(23(26,27)28)5-7-13(15)24)38-21(17)30-19(32)11-4-6-14(25)16(8-11)31(35)36/h4-9H,3H2,1-2H3,(H,29,33)(H,30,32). The average molecular weight is 590 g/mol. The highest BCUT2D eigenvalue weighted by Gasteiger charge is 2.32. The minimum Gasteiger partial charge on any atom is -0.462 e.